The third kappa shape index (κ3) is 14.4. The molecule has 0 aliphatic carbocycles. The summed E-state index contributed by atoms with van der Waals surface area (Å²) in [6.45, 7) is 18.4. The Hall–Kier alpha value is -3.55. The summed E-state index contributed by atoms with van der Waals surface area (Å²) in [4.78, 5) is 44.2. The molecule has 3 aliphatic heterocycles. The Kier molecular flexibility index (Phi) is 22.2. The van der Waals surface area contributed by atoms with Crippen molar-refractivity contribution in [1.29, 1.82) is 0 Å². The van der Waals surface area contributed by atoms with E-state index in [1.54, 1.807) is 58.6 Å². The number of nitrogens with one attached hydrogen (secondary N) is 1. The third-order valence-corrected chi connectivity index (χ3v) is 16.8. The molecule has 1 aromatic carbocycles. The predicted octanol–water partition coefficient (Wildman–Crippen LogP) is 4.27. The number of rotatable bonds is 19. The molecule has 2 aromatic rings. The van der Waals surface area contributed by atoms with Gasteiger partial charge >= 0.3 is 5.97 Å². The van der Waals surface area contributed by atoms with E-state index in [4.69, 9.17) is 38.4 Å². The van der Waals surface area contributed by atoms with Crippen molar-refractivity contribution in [2.75, 3.05) is 41.9 Å². The highest BCUT2D eigenvalue weighted by Crippen LogP contribution is 2.44. The van der Waals surface area contributed by atoms with Crippen molar-refractivity contribution in [2.45, 2.75) is 217 Å². The fraction of sp³-hybridized carbons (Fsp3) is 0.800. The average Bonchev–Trinajstić information content (AvgIpc) is 3.86. The first-order valence-electron chi connectivity index (χ1n) is 27.1. The summed E-state index contributed by atoms with van der Waals surface area (Å²) in [5.74, 6) is -5.24. The van der Waals surface area contributed by atoms with Gasteiger partial charge in [-0.15, -0.1) is 5.10 Å². The highest BCUT2D eigenvalue weighted by Gasteiger charge is 2.59. The summed E-state index contributed by atoms with van der Waals surface area (Å²) in [5.41, 5.74) is -1.80. The number of nitrogens with zero attached hydrogens (tertiary/aromatic N) is 5. The maximum atomic E-state index is 14.6. The molecule has 5 rings (SSSR count). The van der Waals surface area contributed by atoms with Crippen LogP contribution in [0, 0.1) is 23.7 Å². The Bertz CT molecular complexity index is 2180. The lowest BCUT2D eigenvalue weighted by molar-refractivity contribution is -0.339. The van der Waals surface area contributed by atoms with Gasteiger partial charge in [-0.1, -0.05) is 63.6 Å². The van der Waals surface area contributed by atoms with E-state index in [0.29, 0.717) is 31.6 Å². The van der Waals surface area contributed by atoms with E-state index in [-0.39, 0.29) is 44.1 Å². The molecule has 21 heteroatoms. The molecule has 1 amide bonds. The topological polar surface area (TPSA) is 266 Å². The van der Waals surface area contributed by atoms with E-state index in [2.05, 4.69) is 15.2 Å². The summed E-state index contributed by atoms with van der Waals surface area (Å²) >= 11 is 0. The van der Waals surface area contributed by atoms with Crippen LogP contribution >= 0.6 is 0 Å². The van der Waals surface area contributed by atoms with Crippen LogP contribution in [0.3, 0.4) is 0 Å². The zero-order chi connectivity index (χ0) is 56.7. The summed E-state index contributed by atoms with van der Waals surface area (Å²) in [5, 5.41) is 65.5. The molecule has 76 heavy (non-hydrogen) atoms. The van der Waals surface area contributed by atoms with Crippen LogP contribution in [0.2, 0.25) is 0 Å². The molecule has 0 spiro atoms. The second-order valence-electron chi connectivity index (χ2n) is 23.1. The quantitative estimate of drug-likeness (QED) is 0.0497. The number of cyclic esters (lactones) is 1. The molecule has 3 aliphatic rings. The Balaban J connectivity index is 1.46. The molecule has 3 saturated heterocycles. The minimum Gasteiger partial charge on any atom is -0.459 e. The minimum atomic E-state index is -2.02. The molecule has 1 aromatic heterocycles. The van der Waals surface area contributed by atoms with Gasteiger partial charge in [-0.3, -0.25) is 29.2 Å². The van der Waals surface area contributed by atoms with Gasteiger partial charge in [-0.25, -0.2) is 5.48 Å². The van der Waals surface area contributed by atoms with Crippen molar-refractivity contribution in [3.05, 3.63) is 36.0 Å². The molecule has 18 atom stereocenters. The second kappa shape index (κ2) is 26.6. The first-order valence-corrected chi connectivity index (χ1v) is 27.1. The van der Waals surface area contributed by atoms with E-state index in [1.165, 1.54) is 21.1 Å². The number of carbonyl (C=O) groups is 3. The minimum absolute atomic E-state index is 0.0519. The Morgan fingerprint density at radius 3 is 2.18 bits per heavy atom. The zero-order valence-corrected chi connectivity index (χ0v) is 47.8. The van der Waals surface area contributed by atoms with Gasteiger partial charge in [0.15, 0.2) is 12.6 Å². The SMILES string of the molecule is CC[C@@H]1OC(=O)[C@@H](C)[C@H](O[C@@H]2C[C@](C)(OC)[C@@](O)(CN(C)C)[C@@H](C)O2)[C@H](C)[C@H](O[C@@H]2O[C@H](C)C[C@H](N(C)Cc3ccc(-c4cn(CCCCCC(=O)NO)nn4)cc3)[C@H]2O)[C@@](C)(OC)C[C@H](C)C(=O)[C@@H](C)[C@@H](O)[C@@]1(C)O. The molecule has 0 unspecified atom stereocenters. The molecule has 4 heterocycles. The second-order valence-corrected chi connectivity index (χ2v) is 23.1. The number of hydroxylamine groups is 1. The van der Waals surface area contributed by atoms with Crippen molar-refractivity contribution >= 4 is 17.7 Å². The number of ether oxygens (including phenoxy) is 7. The lowest BCUT2D eigenvalue weighted by atomic mass is 9.73. The van der Waals surface area contributed by atoms with Gasteiger partial charge in [-0.05, 0) is 100 Å². The highest BCUT2D eigenvalue weighted by atomic mass is 16.7. The number of carbonyl (C=O) groups excluding carboxylic acids is 3. The van der Waals surface area contributed by atoms with Gasteiger partial charge in [0.25, 0.3) is 0 Å². The Morgan fingerprint density at radius 2 is 1.58 bits per heavy atom. The van der Waals surface area contributed by atoms with Gasteiger partial charge in [0.1, 0.15) is 40.5 Å². The number of ketones is 1. The summed E-state index contributed by atoms with van der Waals surface area (Å²) < 4.78 is 47.5. The summed E-state index contributed by atoms with van der Waals surface area (Å²) in [6, 6.07) is 7.52. The van der Waals surface area contributed by atoms with Crippen LogP contribution in [0.1, 0.15) is 126 Å². The highest BCUT2D eigenvalue weighted by molar-refractivity contribution is 5.83. The van der Waals surface area contributed by atoms with E-state index in [1.807, 2.05) is 70.4 Å². The van der Waals surface area contributed by atoms with Crippen molar-refractivity contribution < 1.29 is 73.2 Å². The number of Topliss-reactive ketones (excluding diaryl/α,β-unsaturated/α-hetero) is 1. The molecule has 3 fully saturated rings. The fourth-order valence-corrected chi connectivity index (χ4v) is 11.9. The van der Waals surface area contributed by atoms with E-state index in [0.717, 1.165) is 24.0 Å². The van der Waals surface area contributed by atoms with Crippen molar-refractivity contribution in [1.82, 2.24) is 30.3 Å². The van der Waals surface area contributed by atoms with Gasteiger partial charge < -0.3 is 58.5 Å². The molecule has 0 bridgehead atoms. The fourth-order valence-electron chi connectivity index (χ4n) is 11.9. The first-order chi connectivity index (χ1) is 35.6. The monoisotopic (exact) mass is 1080 g/mol. The number of aliphatic hydroxyl groups is 4. The largest absolute Gasteiger partial charge is 0.459 e. The van der Waals surface area contributed by atoms with Crippen molar-refractivity contribution in [2.24, 2.45) is 23.7 Å². The van der Waals surface area contributed by atoms with E-state index < -0.39 is 113 Å². The van der Waals surface area contributed by atoms with Crippen LogP contribution in [0.15, 0.2) is 30.5 Å². The molecule has 0 saturated carbocycles. The normalized spacial score (nSPS) is 38.2. The van der Waals surface area contributed by atoms with Crippen LogP contribution in [0.25, 0.3) is 11.3 Å². The number of hydrogen-bond acceptors (Lipinski definition) is 19. The molecule has 6 N–H and O–H groups in total. The standard InChI is InChI=1S/C55H92N6O15/c1-16-42-54(10,67)48(65)34(4)45(63)32(2)27-52(8,70-14)49(35(5)47(36(6)50(66)74-42)75-44-28-53(9,71-15)55(68,31-59(11)12)37(7)73-44)76-51-46(64)41(26-33(3)72-51)60(13)29-38-21-23-39(24-22-38)40-30-61(58-56-40)25-19-17-18-20-43(62)57-69/h21-24,30,32-37,41-42,44,46-49,51,64-65,67-69H,16-20,25-29,31H2,1-15H3,(H,57,62)/t32-,33+,34+,35-,36-,37+,41-,42-,44+,46+,47+,48+,49-,51-,52-,53-,54-,55+/m0/s1. The Morgan fingerprint density at radius 1 is 0.908 bits per heavy atom. The number of unbranched alkanes of at least 4 members (excludes halogenated alkanes) is 2. The molecule has 21 nitrogen and oxygen atoms in total. The maximum Gasteiger partial charge on any atom is 0.311 e. The van der Waals surface area contributed by atoms with Crippen LogP contribution in [0.5, 0.6) is 0 Å². The van der Waals surface area contributed by atoms with Gasteiger partial charge in [-0.2, -0.15) is 0 Å². The van der Waals surface area contributed by atoms with E-state index in [9.17, 15) is 34.8 Å². The molecule has 0 radical (unpaired) electrons. The summed E-state index contributed by atoms with van der Waals surface area (Å²) in [7, 11) is 8.65. The molecule has 432 valence electrons. The number of likely N-dealkylation sites (N-methyl/N-ethyl adjacent to an activating group) is 2. The lowest BCUT2D eigenvalue weighted by Crippen LogP contribution is -2.70. The molecular weight excluding hydrogens is 985 g/mol. The van der Waals surface area contributed by atoms with Crippen LogP contribution in [0.4, 0.5) is 0 Å². The Labute approximate surface area is 450 Å². The average molecular weight is 1080 g/mol. The third-order valence-electron chi connectivity index (χ3n) is 16.8. The van der Waals surface area contributed by atoms with Gasteiger partial charge in [0.2, 0.25) is 5.91 Å². The van der Waals surface area contributed by atoms with Crippen molar-refractivity contribution in [3.63, 3.8) is 0 Å². The number of methoxy groups -OCH3 is 2. The summed E-state index contributed by atoms with van der Waals surface area (Å²) in [6.07, 6.45) is -4.60. The number of amides is 1. The van der Waals surface area contributed by atoms with Crippen molar-refractivity contribution in [3.8, 4) is 11.3 Å². The first kappa shape index (κ1) is 63.3. The maximum absolute atomic E-state index is 14.6. The van der Waals surface area contributed by atoms with Gasteiger partial charge in [0.05, 0.1) is 48.2 Å². The number of aromatic nitrogens is 3. The number of aliphatic hydroxyl groups excluding tert-OH is 2. The van der Waals surface area contributed by atoms with E-state index >= 15 is 0 Å². The number of aryl methyl sites for hydroxylation is 1. The van der Waals surface area contributed by atoms with Crippen LogP contribution < -0.4 is 5.48 Å². The molecular formula is C55H92N6O15. The van der Waals surface area contributed by atoms with Crippen LogP contribution in [-0.4, -0.2) is 194 Å². The van der Waals surface area contributed by atoms with Gasteiger partial charge in [0, 0.05) is 76.1 Å². The number of esters is 1. The van der Waals surface area contributed by atoms with Crippen LogP contribution in [-0.2, 0) is 60.6 Å². The predicted molar refractivity (Wildman–Crippen MR) is 280 cm³/mol. The number of hydrogen-bond donors (Lipinski definition) is 6. The zero-order valence-electron chi connectivity index (χ0n) is 47.8. The lowest BCUT2D eigenvalue weighted by Gasteiger charge is -2.54. The number of benzene rings is 1. The smallest absolute Gasteiger partial charge is 0.311 e.